The topological polar surface area (TPSA) is 101 Å². The fourth-order valence-electron chi connectivity index (χ4n) is 4.07. The SMILES string of the molecule is O=C(O)c1ccccc1S(=O)(=O)Nc1ccc2c(c1)nc(-c1ccccc1)n2-c1ccc(C(F)(F)F)cc1. The molecular weight excluding hydrogens is 519 g/mol. The first-order valence-corrected chi connectivity index (χ1v) is 12.6. The number of carboxylic acid groups (broad SMARTS) is 1. The Labute approximate surface area is 214 Å². The first kappa shape index (κ1) is 25.0. The molecule has 0 amide bonds. The number of anilines is 1. The lowest BCUT2D eigenvalue weighted by Gasteiger charge is -2.12. The Balaban J connectivity index is 1.61. The van der Waals surface area contributed by atoms with Crippen molar-refractivity contribution in [1.82, 2.24) is 9.55 Å². The van der Waals surface area contributed by atoms with E-state index in [0.717, 1.165) is 12.1 Å². The normalized spacial score (nSPS) is 12.0. The molecule has 0 bridgehead atoms. The highest BCUT2D eigenvalue weighted by atomic mass is 32.2. The van der Waals surface area contributed by atoms with Crippen molar-refractivity contribution in [2.24, 2.45) is 0 Å². The fraction of sp³-hybridized carbons (Fsp3) is 0.0370. The van der Waals surface area contributed by atoms with Crippen LogP contribution in [-0.2, 0) is 16.2 Å². The maximum atomic E-state index is 13.1. The predicted octanol–water partition coefficient (Wildman–Crippen LogP) is 6.21. The summed E-state index contributed by atoms with van der Waals surface area (Å²) >= 11 is 0. The van der Waals surface area contributed by atoms with Gasteiger partial charge in [-0.3, -0.25) is 9.29 Å². The number of halogens is 3. The van der Waals surface area contributed by atoms with Crippen LogP contribution in [0.15, 0.2) is 102 Å². The summed E-state index contributed by atoms with van der Waals surface area (Å²) in [5.41, 5.74) is 0.996. The molecule has 0 aliphatic rings. The molecule has 0 fully saturated rings. The molecule has 0 saturated heterocycles. The Bertz CT molecular complexity index is 1770. The maximum absolute atomic E-state index is 13.1. The number of carbonyl (C=O) groups is 1. The van der Waals surface area contributed by atoms with E-state index in [1.54, 1.807) is 34.9 Å². The van der Waals surface area contributed by atoms with Crippen molar-refractivity contribution < 1.29 is 31.5 Å². The standard InChI is InChI=1S/C27H18F3N3O4S/c28-27(29,30)18-10-13-20(14-11-18)33-23-15-12-19(16-22(23)31-25(33)17-6-2-1-3-7-17)32-38(36,37)24-9-5-4-8-21(24)26(34)35/h1-16,32H,(H,34,35). The molecule has 11 heteroatoms. The molecule has 0 aliphatic carbocycles. The maximum Gasteiger partial charge on any atom is 0.416 e. The van der Waals surface area contributed by atoms with E-state index < -0.39 is 32.6 Å². The largest absolute Gasteiger partial charge is 0.478 e. The zero-order valence-electron chi connectivity index (χ0n) is 19.3. The van der Waals surface area contributed by atoms with Crippen LogP contribution < -0.4 is 4.72 Å². The van der Waals surface area contributed by atoms with Crippen molar-refractivity contribution in [2.75, 3.05) is 4.72 Å². The summed E-state index contributed by atoms with van der Waals surface area (Å²) in [7, 11) is -4.26. The Kier molecular flexibility index (Phi) is 6.15. The number of fused-ring (bicyclic) bond motifs is 1. The second kappa shape index (κ2) is 9.34. The van der Waals surface area contributed by atoms with E-state index in [0.29, 0.717) is 28.1 Å². The van der Waals surface area contributed by atoms with Crippen molar-refractivity contribution in [3.05, 3.63) is 108 Å². The predicted molar refractivity (Wildman–Crippen MR) is 136 cm³/mol. The van der Waals surface area contributed by atoms with E-state index in [4.69, 9.17) is 0 Å². The van der Waals surface area contributed by atoms with Crippen LogP contribution in [0.1, 0.15) is 15.9 Å². The van der Waals surface area contributed by atoms with Gasteiger partial charge in [0, 0.05) is 11.3 Å². The van der Waals surface area contributed by atoms with Gasteiger partial charge in [-0.05, 0) is 54.6 Å². The minimum Gasteiger partial charge on any atom is -0.478 e. The van der Waals surface area contributed by atoms with Crippen molar-refractivity contribution in [3.63, 3.8) is 0 Å². The third kappa shape index (κ3) is 4.71. The summed E-state index contributed by atoms with van der Waals surface area (Å²) in [4.78, 5) is 15.8. The quantitative estimate of drug-likeness (QED) is 0.268. The van der Waals surface area contributed by atoms with Gasteiger partial charge in [0.2, 0.25) is 0 Å². The molecule has 5 aromatic rings. The molecule has 5 rings (SSSR count). The van der Waals surface area contributed by atoms with Crippen LogP contribution in [0.25, 0.3) is 28.1 Å². The molecule has 1 heterocycles. The van der Waals surface area contributed by atoms with Gasteiger partial charge in [-0.15, -0.1) is 0 Å². The first-order valence-electron chi connectivity index (χ1n) is 11.2. The zero-order chi connectivity index (χ0) is 27.1. The van der Waals surface area contributed by atoms with Gasteiger partial charge in [-0.25, -0.2) is 18.2 Å². The molecule has 38 heavy (non-hydrogen) atoms. The number of nitrogens with one attached hydrogen (secondary N) is 1. The number of nitrogens with zero attached hydrogens (tertiary/aromatic N) is 2. The molecule has 7 nitrogen and oxygen atoms in total. The van der Waals surface area contributed by atoms with Crippen LogP contribution in [0.3, 0.4) is 0 Å². The van der Waals surface area contributed by atoms with Crippen LogP contribution in [0.4, 0.5) is 18.9 Å². The van der Waals surface area contributed by atoms with E-state index >= 15 is 0 Å². The van der Waals surface area contributed by atoms with Gasteiger partial charge in [0.25, 0.3) is 10.0 Å². The van der Waals surface area contributed by atoms with Gasteiger partial charge in [0.1, 0.15) is 10.7 Å². The van der Waals surface area contributed by atoms with Crippen LogP contribution in [-0.4, -0.2) is 29.0 Å². The Morgan fingerprint density at radius 3 is 2.18 bits per heavy atom. The average Bonchev–Trinajstić information content (AvgIpc) is 3.27. The minimum absolute atomic E-state index is 0.134. The molecule has 1 aromatic heterocycles. The highest BCUT2D eigenvalue weighted by Gasteiger charge is 2.30. The second-order valence-corrected chi connectivity index (χ2v) is 9.94. The minimum atomic E-state index is -4.48. The molecule has 4 aromatic carbocycles. The highest BCUT2D eigenvalue weighted by molar-refractivity contribution is 7.92. The molecule has 0 spiro atoms. The highest BCUT2D eigenvalue weighted by Crippen LogP contribution is 2.33. The number of benzene rings is 4. The van der Waals surface area contributed by atoms with E-state index in [-0.39, 0.29) is 11.3 Å². The van der Waals surface area contributed by atoms with Gasteiger partial charge in [0.15, 0.2) is 0 Å². The number of hydrogen-bond donors (Lipinski definition) is 2. The van der Waals surface area contributed by atoms with Gasteiger partial charge in [-0.1, -0.05) is 42.5 Å². The van der Waals surface area contributed by atoms with E-state index in [1.165, 1.54) is 48.5 Å². The van der Waals surface area contributed by atoms with Crippen molar-refractivity contribution >= 4 is 32.7 Å². The van der Waals surface area contributed by atoms with Crippen LogP contribution in [0.2, 0.25) is 0 Å². The number of rotatable bonds is 6. The molecule has 0 atom stereocenters. The monoisotopic (exact) mass is 537 g/mol. The molecular formula is C27H18F3N3O4S. The Morgan fingerprint density at radius 2 is 1.53 bits per heavy atom. The van der Waals surface area contributed by atoms with Crippen molar-refractivity contribution in [3.8, 4) is 17.1 Å². The number of aromatic nitrogens is 2. The molecule has 2 N–H and O–H groups in total. The van der Waals surface area contributed by atoms with E-state index in [2.05, 4.69) is 9.71 Å². The van der Waals surface area contributed by atoms with E-state index in [1.807, 2.05) is 6.07 Å². The summed E-state index contributed by atoms with van der Waals surface area (Å²) < 4.78 is 69.4. The van der Waals surface area contributed by atoms with Gasteiger partial charge in [0.05, 0.1) is 27.8 Å². The average molecular weight is 538 g/mol. The van der Waals surface area contributed by atoms with E-state index in [9.17, 15) is 31.5 Å². The Morgan fingerprint density at radius 1 is 0.868 bits per heavy atom. The third-order valence-electron chi connectivity index (χ3n) is 5.80. The molecule has 0 radical (unpaired) electrons. The lowest BCUT2D eigenvalue weighted by Crippen LogP contribution is -2.16. The number of imidazole rings is 1. The van der Waals surface area contributed by atoms with Gasteiger partial charge >= 0.3 is 12.1 Å². The molecule has 0 saturated carbocycles. The second-order valence-electron chi connectivity index (χ2n) is 8.29. The number of hydrogen-bond acceptors (Lipinski definition) is 4. The molecule has 192 valence electrons. The zero-order valence-corrected chi connectivity index (χ0v) is 20.2. The first-order chi connectivity index (χ1) is 18.0. The van der Waals surface area contributed by atoms with Crippen molar-refractivity contribution in [2.45, 2.75) is 11.1 Å². The molecule has 0 unspecified atom stereocenters. The smallest absolute Gasteiger partial charge is 0.416 e. The Hall–Kier alpha value is -4.64. The number of carboxylic acids is 1. The third-order valence-corrected chi connectivity index (χ3v) is 7.24. The molecule has 0 aliphatic heterocycles. The lowest BCUT2D eigenvalue weighted by molar-refractivity contribution is -0.137. The summed E-state index contributed by atoms with van der Waals surface area (Å²) in [6, 6.07) is 23.4. The van der Waals surface area contributed by atoms with Crippen LogP contribution >= 0.6 is 0 Å². The fourth-order valence-corrected chi connectivity index (χ4v) is 5.32. The number of aromatic carboxylic acids is 1. The van der Waals surface area contributed by atoms with Crippen LogP contribution in [0.5, 0.6) is 0 Å². The summed E-state index contributed by atoms with van der Waals surface area (Å²) in [6.07, 6.45) is -4.48. The number of sulfonamides is 1. The summed E-state index contributed by atoms with van der Waals surface area (Å²) in [5.74, 6) is -0.944. The van der Waals surface area contributed by atoms with Crippen molar-refractivity contribution in [1.29, 1.82) is 0 Å². The summed E-state index contributed by atoms with van der Waals surface area (Å²) in [6.45, 7) is 0. The van der Waals surface area contributed by atoms with Crippen LogP contribution in [0, 0.1) is 0 Å². The summed E-state index contributed by atoms with van der Waals surface area (Å²) in [5, 5.41) is 9.38. The van der Waals surface area contributed by atoms with Gasteiger partial charge in [-0.2, -0.15) is 13.2 Å². The number of alkyl halides is 3. The van der Waals surface area contributed by atoms with Gasteiger partial charge < -0.3 is 5.11 Å². The lowest BCUT2D eigenvalue weighted by atomic mass is 10.1.